The van der Waals surface area contributed by atoms with E-state index in [-0.39, 0.29) is 5.48 Å². The standard InChI is InChI=1S/C4H6O.C3H8.H2O/c1-3-5-4-2;1-3-2;/h3-4H,1-2H2;3H2,1-2H3;1H2. The summed E-state index contributed by atoms with van der Waals surface area (Å²) in [5.41, 5.74) is 0. The van der Waals surface area contributed by atoms with Crippen LogP contribution in [0.4, 0.5) is 0 Å². The maximum Gasteiger partial charge on any atom is 0.0829 e. The minimum Gasteiger partial charge on any atom is -0.474 e. The first kappa shape index (κ1) is 15.7. The molecule has 0 aromatic heterocycles. The van der Waals surface area contributed by atoms with Crippen LogP contribution in [0.1, 0.15) is 20.3 Å². The Kier molecular flexibility index (Phi) is 46.9. The van der Waals surface area contributed by atoms with Crippen LogP contribution in [-0.2, 0) is 4.74 Å². The van der Waals surface area contributed by atoms with Gasteiger partial charge in [0.05, 0.1) is 12.5 Å². The lowest BCUT2D eigenvalue weighted by Crippen LogP contribution is -1.52. The third-order valence-electron chi connectivity index (χ3n) is 0.192. The van der Waals surface area contributed by atoms with Crippen LogP contribution in [0.25, 0.3) is 0 Å². The average Bonchev–Trinajstić information content (AvgIpc) is 1.71. The molecule has 56 valence electrons. The maximum absolute atomic E-state index is 4.36. The highest BCUT2D eigenvalue weighted by molar-refractivity contribution is 4.57. The van der Waals surface area contributed by atoms with E-state index < -0.39 is 0 Å². The Morgan fingerprint density at radius 1 is 1.22 bits per heavy atom. The van der Waals surface area contributed by atoms with E-state index in [4.69, 9.17) is 0 Å². The second kappa shape index (κ2) is 26.9. The van der Waals surface area contributed by atoms with Crippen LogP contribution in [0.2, 0.25) is 0 Å². The van der Waals surface area contributed by atoms with Gasteiger partial charge in [-0.25, -0.2) is 0 Å². The fraction of sp³-hybridized carbons (Fsp3) is 0.429. The van der Waals surface area contributed by atoms with E-state index in [1.54, 1.807) is 0 Å². The summed E-state index contributed by atoms with van der Waals surface area (Å²) in [6, 6.07) is 0. The van der Waals surface area contributed by atoms with E-state index >= 15 is 0 Å². The Labute approximate surface area is 57.1 Å². The summed E-state index contributed by atoms with van der Waals surface area (Å²) in [6.45, 7) is 10.8. The summed E-state index contributed by atoms with van der Waals surface area (Å²) in [5.74, 6) is 0. The van der Waals surface area contributed by atoms with Gasteiger partial charge in [-0.2, -0.15) is 0 Å². The minimum atomic E-state index is 0. The topological polar surface area (TPSA) is 40.7 Å². The molecule has 0 rings (SSSR count). The molecule has 0 aliphatic carbocycles. The molecule has 0 unspecified atom stereocenters. The van der Waals surface area contributed by atoms with Crippen LogP contribution in [0, 0.1) is 0 Å². The second-order valence-electron chi connectivity index (χ2n) is 1.18. The second-order valence-corrected chi connectivity index (χ2v) is 1.18. The SMILES string of the molecule is C=COC=C.CCC.O. The summed E-state index contributed by atoms with van der Waals surface area (Å²) < 4.78 is 4.36. The van der Waals surface area contributed by atoms with Crippen molar-refractivity contribution in [1.82, 2.24) is 0 Å². The first-order chi connectivity index (χ1) is 3.83. The Balaban J connectivity index is -0.0000000800. The predicted octanol–water partition coefficient (Wildman–Crippen LogP) is 1.88. The van der Waals surface area contributed by atoms with E-state index in [9.17, 15) is 0 Å². The number of hydrogen-bond donors (Lipinski definition) is 0. The predicted molar refractivity (Wildman–Crippen MR) is 41.1 cm³/mol. The number of ether oxygens (including phenoxy) is 1. The fourth-order valence-electron chi connectivity index (χ4n) is 0.0680. The van der Waals surface area contributed by atoms with Crippen molar-refractivity contribution < 1.29 is 10.2 Å². The maximum atomic E-state index is 4.36. The zero-order valence-electron chi connectivity index (χ0n) is 6.18. The lowest BCUT2D eigenvalue weighted by molar-refractivity contribution is 0.406. The van der Waals surface area contributed by atoms with Crippen molar-refractivity contribution in [2.75, 3.05) is 0 Å². The van der Waals surface area contributed by atoms with Gasteiger partial charge in [-0.05, 0) is 0 Å². The molecule has 0 fully saturated rings. The van der Waals surface area contributed by atoms with Crippen LogP contribution in [0.5, 0.6) is 0 Å². The van der Waals surface area contributed by atoms with Gasteiger partial charge in [0.15, 0.2) is 0 Å². The van der Waals surface area contributed by atoms with E-state index in [0.29, 0.717) is 0 Å². The summed E-state index contributed by atoms with van der Waals surface area (Å²) in [7, 11) is 0. The Bertz CT molecular complexity index is 44.9. The van der Waals surface area contributed by atoms with Crippen molar-refractivity contribution in [3.8, 4) is 0 Å². The molecular weight excluding hydrogens is 116 g/mol. The van der Waals surface area contributed by atoms with Gasteiger partial charge in [-0.15, -0.1) is 0 Å². The molecule has 2 heteroatoms. The van der Waals surface area contributed by atoms with E-state index in [0.717, 1.165) is 0 Å². The number of rotatable bonds is 2. The first-order valence-electron chi connectivity index (χ1n) is 2.70. The monoisotopic (exact) mass is 132 g/mol. The number of hydrogen-bond acceptors (Lipinski definition) is 1. The van der Waals surface area contributed by atoms with Crippen molar-refractivity contribution in [2.24, 2.45) is 0 Å². The van der Waals surface area contributed by atoms with Crippen molar-refractivity contribution in [3.05, 3.63) is 25.7 Å². The van der Waals surface area contributed by atoms with Gasteiger partial charge >= 0.3 is 0 Å². The lowest BCUT2D eigenvalue weighted by Gasteiger charge is -1.76. The molecule has 0 saturated carbocycles. The normalized spacial score (nSPS) is 5.11. The van der Waals surface area contributed by atoms with E-state index in [1.165, 1.54) is 18.9 Å². The van der Waals surface area contributed by atoms with Crippen LogP contribution >= 0.6 is 0 Å². The van der Waals surface area contributed by atoms with Gasteiger partial charge in [0.25, 0.3) is 0 Å². The van der Waals surface area contributed by atoms with Crippen molar-refractivity contribution in [1.29, 1.82) is 0 Å². The quantitative estimate of drug-likeness (QED) is 0.529. The third-order valence-corrected chi connectivity index (χ3v) is 0.192. The van der Waals surface area contributed by atoms with Gasteiger partial charge in [0, 0.05) is 0 Å². The van der Waals surface area contributed by atoms with Crippen LogP contribution in [0.3, 0.4) is 0 Å². The Morgan fingerprint density at radius 2 is 1.44 bits per heavy atom. The molecule has 0 amide bonds. The lowest BCUT2D eigenvalue weighted by atomic mass is 10.6. The Hall–Kier alpha value is -0.760. The largest absolute Gasteiger partial charge is 0.474 e. The molecule has 0 radical (unpaired) electrons. The summed E-state index contributed by atoms with van der Waals surface area (Å²) in [5, 5.41) is 0. The van der Waals surface area contributed by atoms with Crippen molar-refractivity contribution in [3.63, 3.8) is 0 Å². The van der Waals surface area contributed by atoms with Crippen LogP contribution < -0.4 is 0 Å². The van der Waals surface area contributed by atoms with Crippen LogP contribution in [0.15, 0.2) is 25.7 Å². The molecule has 0 aromatic carbocycles. The van der Waals surface area contributed by atoms with Gasteiger partial charge < -0.3 is 10.2 Å². The molecule has 0 saturated heterocycles. The average molecular weight is 132 g/mol. The fourth-order valence-corrected chi connectivity index (χ4v) is 0.0680. The molecule has 0 aliphatic heterocycles. The molecule has 0 aliphatic rings. The summed E-state index contributed by atoms with van der Waals surface area (Å²) in [6.07, 6.45) is 3.88. The highest BCUT2D eigenvalue weighted by Crippen LogP contribution is 1.65. The highest BCUT2D eigenvalue weighted by atomic mass is 16.5. The van der Waals surface area contributed by atoms with Crippen molar-refractivity contribution >= 4 is 0 Å². The summed E-state index contributed by atoms with van der Waals surface area (Å²) >= 11 is 0. The zero-order chi connectivity index (χ0) is 6.83. The van der Waals surface area contributed by atoms with Gasteiger partial charge in [0.2, 0.25) is 0 Å². The molecule has 0 bridgehead atoms. The molecule has 0 aromatic rings. The molecular formula is C7H16O2. The highest BCUT2D eigenvalue weighted by Gasteiger charge is 1.45. The molecule has 2 N–H and O–H groups in total. The smallest absolute Gasteiger partial charge is 0.0829 e. The minimum absolute atomic E-state index is 0. The molecule has 0 heterocycles. The molecule has 0 atom stereocenters. The molecule has 2 nitrogen and oxygen atoms in total. The van der Waals surface area contributed by atoms with Gasteiger partial charge in [0.1, 0.15) is 0 Å². The molecule has 0 spiro atoms. The molecule has 9 heavy (non-hydrogen) atoms. The zero-order valence-corrected chi connectivity index (χ0v) is 6.18. The van der Waals surface area contributed by atoms with Gasteiger partial charge in [-0.1, -0.05) is 33.4 Å². The van der Waals surface area contributed by atoms with Crippen molar-refractivity contribution in [2.45, 2.75) is 20.3 Å². The van der Waals surface area contributed by atoms with Gasteiger partial charge in [-0.3, -0.25) is 0 Å². The Morgan fingerprint density at radius 3 is 1.44 bits per heavy atom. The van der Waals surface area contributed by atoms with E-state index in [1.807, 2.05) is 0 Å². The third kappa shape index (κ3) is 129. The van der Waals surface area contributed by atoms with E-state index in [2.05, 4.69) is 31.7 Å². The first-order valence-corrected chi connectivity index (χ1v) is 2.70. The van der Waals surface area contributed by atoms with Crippen LogP contribution in [-0.4, -0.2) is 5.48 Å². The summed E-state index contributed by atoms with van der Waals surface area (Å²) in [4.78, 5) is 0.